The van der Waals surface area contributed by atoms with E-state index in [1.165, 1.54) is 0 Å². The molecule has 1 amide bonds. The maximum absolute atomic E-state index is 11.4. The first kappa shape index (κ1) is 16.9. The highest BCUT2D eigenvalue weighted by molar-refractivity contribution is 5.69. The molecule has 0 aliphatic heterocycles. The van der Waals surface area contributed by atoms with Crippen LogP contribution in [-0.2, 0) is 22.4 Å². The fourth-order valence-electron chi connectivity index (χ4n) is 1.42. The van der Waals surface area contributed by atoms with E-state index in [1.807, 2.05) is 0 Å². The minimum absolute atomic E-state index is 0.207. The van der Waals surface area contributed by atoms with Crippen LogP contribution in [0.15, 0.2) is 4.52 Å². The number of carbonyl (C=O) groups excluding carboxylic acids is 1. The lowest BCUT2D eigenvalue weighted by atomic mass is 10.1. The van der Waals surface area contributed by atoms with Crippen molar-refractivity contribution < 1.29 is 24.0 Å². The van der Waals surface area contributed by atoms with Crippen molar-refractivity contribution >= 4 is 12.1 Å². The highest BCUT2D eigenvalue weighted by atomic mass is 16.6. The van der Waals surface area contributed by atoms with Crippen molar-refractivity contribution in [3.63, 3.8) is 0 Å². The van der Waals surface area contributed by atoms with E-state index in [1.54, 1.807) is 27.7 Å². The van der Waals surface area contributed by atoms with E-state index in [0.29, 0.717) is 24.7 Å². The molecular weight excluding hydrogens is 278 g/mol. The molecule has 21 heavy (non-hydrogen) atoms. The first-order chi connectivity index (χ1) is 9.67. The second-order valence-electron chi connectivity index (χ2n) is 5.73. The van der Waals surface area contributed by atoms with Crippen LogP contribution in [0.3, 0.4) is 0 Å². The van der Waals surface area contributed by atoms with Crippen molar-refractivity contribution in [2.45, 2.75) is 46.1 Å². The van der Waals surface area contributed by atoms with Gasteiger partial charge in [-0.05, 0) is 20.8 Å². The summed E-state index contributed by atoms with van der Waals surface area (Å²) in [6, 6.07) is 0. The molecule has 1 heterocycles. The summed E-state index contributed by atoms with van der Waals surface area (Å²) in [5, 5.41) is 15.1. The maximum Gasteiger partial charge on any atom is 0.407 e. The van der Waals surface area contributed by atoms with Gasteiger partial charge >= 0.3 is 12.1 Å². The summed E-state index contributed by atoms with van der Waals surface area (Å²) in [5.41, 5.74) is -0.547. The van der Waals surface area contributed by atoms with E-state index in [-0.39, 0.29) is 6.42 Å². The molecule has 0 aliphatic carbocycles. The lowest BCUT2D eigenvalue weighted by molar-refractivity contribution is -0.141. The monoisotopic (exact) mass is 299 g/mol. The Labute approximate surface area is 122 Å². The summed E-state index contributed by atoms with van der Waals surface area (Å²) in [4.78, 5) is 26.2. The fourth-order valence-corrected chi connectivity index (χ4v) is 1.42. The Bertz CT molecular complexity index is 492. The van der Waals surface area contributed by atoms with Crippen molar-refractivity contribution in [2.75, 3.05) is 6.54 Å². The Kier molecular flexibility index (Phi) is 5.69. The molecule has 0 fully saturated rings. The van der Waals surface area contributed by atoms with Gasteiger partial charge in [0.15, 0.2) is 5.82 Å². The van der Waals surface area contributed by atoms with Crippen molar-refractivity contribution in [3.05, 3.63) is 11.7 Å². The van der Waals surface area contributed by atoms with Crippen LogP contribution in [0.5, 0.6) is 0 Å². The number of hydrogen-bond donors (Lipinski definition) is 2. The molecule has 1 rings (SSSR count). The Balaban J connectivity index is 2.35. The van der Waals surface area contributed by atoms with Crippen LogP contribution >= 0.6 is 0 Å². The number of carboxylic acids is 1. The largest absolute Gasteiger partial charge is 0.481 e. The van der Waals surface area contributed by atoms with Gasteiger partial charge in [-0.25, -0.2) is 4.79 Å². The third kappa shape index (κ3) is 6.73. The van der Waals surface area contributed by atoms with Crippen molar-refractivity contribution in [2.24, 2.45) is 5.92 Å². The zero-order chi connectivity index (χ0) is 16.0. The van der Waals surface area contributed by atoms with Gasteiger partial charge in [-0.1, -0.05) is 12.1 Å². The van der Waals surface area contributed by atoms with Gasteiger partial charge in [0.2, 0.25) is 5.89 Å². The van der Waals surface area contributed by atoms with Crippen LogP contribution in [0, 0.1) is 5.92 Å². The summed E-state index contributed by atoms with van der Waals surface area (Å²) >= 11 is 0. The number of carboxylic acid groups (broad SMARTS) is 1. The summed E-state index contributed by atoms with van der Waals surface area (Å²) in [6.07, 6.45) is 0.0493. The smallest absolute Gasteiger partial charge is 0.407 e. The Morgan fingerprint density at radius 2 is 2.10 bits per heavy atom. The van der Waals surface area contributed by atoms with Gasteiger partial charge in [0.25, 0.3) is 0 Å². The minimum Gasteiger partial charge on any atom is -0.481 e. The van der Waals surface area contributed by atoms with Crippen molar-refractivity contribution in [1.82, 2.24) is 15.5 Å². The Hall–Kier alpha value is -2.12. The number of amides is 1. The molecule has 0 radical (unpaired) electrons. The normalized spacial score (nSPS) is 12.8. The average molecular weight is 299 g/mol. The molecule has 0 bridgehead atoms. The molecule has 0 spiro atoms. The zero-order valence-corrected chi connectivity index (χ0v) is 12.7. The summed E-state index contributed by atoms with van der Waals surface area (Å²) in [7, 11) is 0. The van der Waals surface area contributed by atoms with E-state index in [4.69, 9.17) is 14.4 Å². The highest BCUT2D eigenvalue weighted by Gasteiger charge is 2.17. The second-order valence-corrected chi connectivity index (χ2v) is 5.73. The fraction of sp³-hybridized carbons (Fsp3) is 0.692. The number of rotatable bonds is 6. The highest BCUT2D eigenvalue weighted by Crippen LogP contribution is 2.07. The Morgan fingerprint density at radius 1 is 1.43 bits per heavy atom. The number of aromatic nitrogens is 2. The molecule has 1 unspecified atom stereocenters. The Morgan fingerprint density at radius 3 is 2.67 bits per heavy atom. The van der Waals surface area contributed by atoms with Crippen molar-refractivity contribution in [1.29, 1.82) is 0 Å². The van der Waals surface area contributed by atoms with Gasteiger partial charge < -0.3 is 19.7 Å². The maximum atomic E-state index is 11.4. The first-order valence-electron chi connectivity index (χ1n) is 6.68. The summed E-state index contributed by atoms with van der Waals surface area (Å²) < 4.78 is 10.1. The molecule has 118 valence electrons. The predicted octanol–water partition coefficient (Wildman–Crippen LogP) is 1.40. The minimum atomic E-state index is -0.909. The van der Waals surface area contributed by atoms with Crippen LogP contribution in [0.25, 0.3) is 0 Å². The van der Waals surface area contributed by atoms with Crippen LogP contribution in [0.1, 0.15) is 39.4 Å². The summed E-state index contributed by atoms with van der Waals surface area (Å²) in [6.45, 7) is 7.20. The van der Waals surface area contributed by atoms with Gasteiger partial charge in [0.1, 0.15) is 5.60 Å². The molecule has 0 aromatic carbocycles. The van der Waals surface area contributed by atoms with Crippen LogP contribution in [0.4, 0.5) is 4.79 Å². The van der Waals surface area contributed by atoms with Gasteiger partial charge in [-0.3, -0.25) is 4.79 Å². The number of aliphatic carboxylic acids is 1. The lowest BCUT2D eigenvalue weighted by Crippen LogP contribution is -2.33. The van der Waals surface area contributed by atoms with E-state index in [2.05, 4.69) is 15.5 Å². The average Bonchev–Trinajstić information content (AvgIpc) is 2.74. The van der Waals surface area contributed by atoms with E-state index >= 15 is 0 Å². The zero-order valence-electron chi connectivity index (χ0n) is 12.7. The number of alkyl carbamates (subject to hydrolysis) is 1. The molecule has 8 heteroatoms. The van der Waals surface area contributed by atoms with Crippen molar-refractivity contribution in [3.8, 4) is 0 Å². The van der Waals surface area contributed by atoms with Gasteiger partial charge in [-0.2, -0.15) is 4.98 Å². The van der Waals surface area contributed by atoms with Crippen LogP contribution in [0.2, 0.25) is 0 Å². The van der Waals surface area contributed by atoms with Gasteiger partial charge in [-0.15, -0.1) is 0 Å². The number of carbonyl (C=O) groups is 2. The molecule has 0 saturated heterocycles. The van der Waals surface area contributed by atoms with E-state index < -0.39 is 23.6 Å². The SMILES string of the molecule is CC(Cc1noc(CCNC(=O)OC(C)(C)C)n1)C(=O)O. The van der Waals surface area contributed by atoms with E-state index in [9.17, 15) is 9.59 Å². The molecular formula is C13H21N3O5. The van der Waals surface area contributed by atoms with Crippen LogP contribution < -0.4 is 5.32 Å². The topological polar surface area (TPSA) is 115 Å². The standard InChI is InChI=1S/C13H21N3O5/c1-8(11(17)18)7-9-15-10(21-16-9)5-6-14-12(19)20-13(2,3)4/h8H,5-7H2,1-4H3,(H,14,19)(H,17,18). The number of hydrogen-bond acceptors (Lipinski definition) is 6. The predicted molar refractivity (Wildman–Crippen MR) is 72.7 cm³/mol. The molecule has 2 N–H and O–H groups in total. The molecule has 8 nitrogen and oxygen atoms in total. The van der Waals surface area contributed by atoms with Crippen LogP contribution in [-0.4, -0.2) is 39.5 Å². The quantitative estimate of drug-likeness (QED) is 0.815. The van der Waals surface area contributed by atoms with E-state index in [0.717, 1.165) is 0 Å². The third-order valence-corrected chi connectivity index (χ3v) is 2.43. The molecule has 1 aromatic heterocycles. The van der Waals surface area contributed by atoms with Gasteiger partial charge in [0.05, 0.1) is 5.92 Å². The lowest BCUT2D eigenvalue weighted by Gasteiger charge is -2.19. The molecule has 0 saturated carbocycles. The molecule has 0 aliphatic rings. The first-order valence-corrected chi connectivity index (χ1v) is 6.68. The number of nitrogens with one attached hydrogen (secondary N) is 1. The molecule has 1 atom stereocenters. The third-order valence-electron chi connectivity index (χ3n) is 2.43. The summed E-state index contributed by atoms with van der Waals surface area (Å²) in [5.74, 6) is -0.793. The number of nitrogens with zero attached hydrogens (tertiary/aromatic N) is 2. The van der Waals surface area contributed by atoms with Gasteiger partial charge in [0, 0.05) is 19.4 Å². The second kappa shape index (κ2) is 7.05. The molecule has 1 aromatic rings. The number of ether oxygens (including phenoxy) is 1.